The quantitative estimate of drug-likeness (QED) is 0.0360. The van der Waals surface area contributed by atoms with Gasteiger partial charge in [-0.15, -0.1) is 45.3 Å². The van der Waals surface area contributed by atoms with Crippen LogP contribution < -0.4 is 53.3 Å². The standard InChI is InChI=1S/C18H21N3O3S.C16H16ClN3OS.C16H17N3OS.C16H17N3O.C16H16N2OS.C13H11N3O.6C4H10/c1-11(2)19-18-21-16(10-25-18)15-9-17(22)13-5-4-12(8-14(13)20-15)24-7-6-23-3;1-8(2)18-16-20-12(7-22-16)11-6-13(21)10-5-4-9(3)14(17)15(10)19-11;1-9(2)17-16-19-14(8-21-16)13-7-15(20)11-5-4-10(3)6-12(11)18-13;1-10(2)13-6-7-19(18-13)16-9-15(20)12-5-4-11(3)8-14(12)17-16;1-9(2)14-8-20-16(18-14)13-7-15(19)11-5-4-10(3)6-12(11)17-13;1-9-3-4-10-11(7-9)15-13(8-12(10)17)16-6-2-5-14-16;6*1-4(2)3/h4-5,8-11H,6-7H2,1-3H3,(H,19,21)(H,20,22);4-8H,1-3H3,(H,18,20)(H,19,21);4-9H,1-3H3,(H,17,19)(H,18,20);4-10H,1-3H3,(H,17,20);4-9H,1-3H3,(H,17,19);2-8H,1H3,(H,15,17);6*4H,1-3H3. The lowest BCUT2D eigenvalue weighted by Crippen LogP contribution is -2.09. The second-order valence-electron chi connectivity index (χ2n) is 42.0. The van der Waals surface area contributed by atoms with Gasteiger partial charge >= 0.3 is 0 Å². The Kier molecular flexibility index (Phi) is 49.5. The van der Waals surface area contributed by atoms with Gasteiger partial charge in [0.05, 0.1) is 96.0 Å². The first-order valence-corrected chi connectivity index (χ1v) is 55.0. The molecule has 12 heterocycles. The lowest BCUT2D eigenvalue weighted by molar-refractivity contribution is 0.146. The van der Waals surface area contributed by atoms with Gasteiger partial charge in [-0.3, -0.25) is 28.8 Å². The van der Waals surface area contributed by atoms with Crippen molar-refractivity contribution in [1.29, 1.82) is 0 Å². The summed E-state index contributed by atoms with van der Waals surface area (Å²) in [7, 11) is 1.63. The average Bonchev–Trinajstić information content (AvgIpc) is 1.69. The molecule has 0 fully saturated rings. The van der Waals surface area contributed by atoms with E-state index in [2.05, 4.69) is 275 Å². The molecule has 25 nitrogen and oxygen atoms in total. The van der Waals surface area contributed by atoms with E-state index >= 15 is 0 Å². The maximum atomic E-state index is 12.4. The van der Waals surface area contributed by atoms with Crippen molar-refractivity contribution in [2.45, 2.75) is 258 Å². The Balaban J connectivity index is 0.000000232. The number of aromatic amines is 6. The first-order chi connectivity index (χ1) is 70.3. The van der Waals surface area contributed by atoms with Gasteiger partial charge in [-0.2, -0.15) is 10.2 Å². The number of hydrogen-bond acceptors (Lipinski definition) is 21. The number of rotatable bonds is 18. The van der Waals surface area contributed by atoms with E-state index in [1.807, 2.05) is 154 Å². The first kappa shape index (κ1) is 123. The molecule has 0 amide bonds. The molecule has 9 N–H and O–H groups in total. The lowest BCUT2D eigenvalue weighted by Gasteiger charge is -2.08. The number of nitrogens with one attached hydrogen (secondary N) is 9. The number of pyridine rings is 6. The van der Waals surface area contributed by atoms with E-state index in [0.29, 0.717) is 109 Å². The van der Waals surface area contributed by atoms with E-state index < -0.39 is 0 Å². The van der Waals surface area contributed by atoms with E-state index in [-0.39, 0.29) is 32.6 Å². The predicted octanol–water partition coefficient (Wildman–Crippen LogP) is 30.9. The van der Waals surface area contributed by atoms with Crippen LogP contribution in [0.15, 0.2) is 221 Å². The summed E-state index contributed by atoms with van der Waals surface area (Å²) in [4.78, 5) is 111. The number of aromatic nitrogens is 14. The second-order valence-corrected chi connectivity index (χ2v) is 45.8. The number of thiazole rings is 4. The Bertz CT molecular complexity index is 7430. The van der Waals surface area contributed by atoms with Crippen molar-refractivity contribution < 1.29 is 9.47 Å². The topological polar surface area (TPSA) is 339 Å². The van der Waals surface area contributed by atoms with Crippen molar-refractivity contribution >= 4 is 138 Å². The van der Waals surface area contributed by atoms with Gasteiger partial charge in [-0.25, -0.2) is 29.3 Å². The number of aryl methyl sites for hydroxylation is 5. The number of H-pyrrole nitrogens is 6. The smallest absolute Gasteiger partial charge is 0.191 e. The molecule has 0 aliphatic carbocycles. The number of anilines is 3. The number of halogens is 1. The zero-order chi connectivity index (χ0) is 110. The van der Waals surface area contributed by atoms with Crippen molar-refractivity contribution in [1.82, 2.24) is 69.4 Å². The minimum atomic E-state index is -0.0583. The third-order valence-corrected chi connectivity index (χ3v) is 23.2. The van der Waals surface area contributed by atoms with Crippen LogP contribution in [0.3, 0.4) is 0 Å². The summed E-state index contributed by atoms with van der Waals surface area (Å²) >= 11 is 12.5. The molecule has 0 aliphatic rings. The highest BCUT2D eigenvalue weighted by Crippen LogP contribution is 2.33. The first-order valence-electron chi connectivity index (χ1n) is 51.1. The highest BCUT2D eigenvalue weighted by atomic mass is 35.5. The average molecular weight is 2120 g/mol. The van der Waals surface area contributed by atoms with Crippen LogP contribution in [0.25, 0.3) is 122 Å². The summed E-state index contributed by atoms with van der Waals surface area (Å²) < 4.78 is 14.0. The van der Waals surface area contributed by atoms with Crippen LogP contribution in [-0.4, -0.2) is 108 Å². The minimum Gasteiger partial charge on any atom is -0.491 e. The van der Waals surface area contributed by atoms with Crippen molar-refractivity contribution in [2.24, 2.45) is 35.5 Å². The van der Waals surface area contributed by atoms with Crippen LogP contribution in [0, 0.1) is 70.1 Å². The molecule has 18 rings (SSSR count). The zero-order valence-corrected chi connectivity index (χ0v) is 97.6. The molecule has 12 aromatic heterocycles. The van der Waals surface area contributed by atoms with Crippen LogP contribution >= 0.6 is 56.9 Å². The van der Waals surface area contributed by atoms with Gasteiger partial charge in [0, 0.05) is 140 Å². The molecule has 30 heteroatoms. The fourth-order valence-corrected chi connectivity index (χ4v) is 16.9. The molecule has 0 atom stereocenters. The Morgan fingerprint density at radius 2 is 0.678 bits per heavy atom. The summed E-state index contributed by atoms with van der Waals surface area (Å²) in [6.45, 7) is 70.7. The molecule has 0 saturated carbocycles. The highest BCUT2D eigenvalue weighted by molar-refractivity contribution is 7.14. The van der Waals surface area contributed by atoms with Gasteiger partial charge in [-0.05, 0) is 230 Å². The number of benzene rings is 6. The van der Waals surface area contributed by atoms with Crippen LogP contribution in [0.5, 0.6) is 5.75 Å². The van der Waals surface area contributed by atoms with Gasteiger partial charge in [-0.1, -0.05) is 194 Å². The van der Waals surface area contributed by atoms with E-state index in [9.17, 15) is 28.8 Å². The minimum absolute atomic E-state index is 0.00394. The number of hydrogen-bond donors (Lipinski definition) is 9. The fourth-order valence-electron chi connectivity index (χ4n) is 13.2. The molecule has 0 radical (unpaired) electrons. The number of fused-ring (bicyclic) bond motifs is 6. The summed E-state index contributed by atoms with van der Waals surface area (Å²) in [5, 5.41) is 34.3. The van der Waals surface area contributed by atoms with Crippen LogP contribution in [0.4, 0.5) is 15.4 Å². The van der Waals surface area contributed by atoms with Gasteiger partial charge < -0.3 is 55.3 Å². The molecular weight excluding hydrogens is 1960 g/mol. The molecular formula is C119H158ClN17O8S4. The van der Waals surface area contributed by atoms with Gasteiger partial charge in [0.1, 0.15) is 29.0 Å². The molecule has 6 aromatic carbocycles. The molecule has 0 aliphatic heterocycles. The summed E-state index contributed by atoms with van der Waals surface area (Å²) in [6, 6.07) is 46.5. The zero-order valence-electron chi connectivity index (χ0n) is 93.6. The van der Waals surface area contributed by atoms with Crippen molar-refractivity contribution in [3.05, 3.63) is 297 Å². The van der Waals surface area contributed by atoms with E-state index in [0.717, 1.165) is 157 Å². The van der Waals surface area contributed by atoms with E-state index in [1.165, 1.54) is 22.7 Å². The Morgan fingerprint density at radius 3 is 1.03 bits per heavy atom. The van der Waals surface area contributed by atoms with Gasteiger partial charge in [0.2, 0.25) is 0 Å². The monoisotopic (exact) mass is 2120 g/mol. The molecule has 0 saturated heterocycles. The van der Waals surface area contributed by atoms with Crippen LogP contribution in [0.2, 0.25) is 5.02 Å². The number of nitrogens with zero attached hydrogens (tertiary/aromatic N) is 8. The second kappa shape index (κ2) is 60.0. The van der Waals surface area contributed by atoms with Crippen molar-refractivity contribution in [3.8, 4) is 62.3 Å². The molecule has 149 heavy (non-hydrogen) atoms. The summed E-state index contributed by atoms with van der Waals surface area (Å²) in [6.07, 6.45) is 5.36. The molecule has 18 aromatic rings. The van der Waals surface area contributed by atoms with Gasteiger partial charge in [0.25, 0.3) is 0 Å². The van der Waals surface area contributed by atoms with Crippen LogP contribution in [-0.2, 0) is 4.74 Å². The van der Waals surface area contributed by atoms with Crippen molar-refractivity contribution in [2.75, 3.05) is 36.3 Å². The molecule has 0 unspecified atom stereocenters. The maximum absolute atomic E-state index is 12.4. The normalized spacial score (nSPS) is 10.9. The highest BCUT2D eigenvalue weighted by Gasteiger charge is 2.18. The molecule has 798 valence electrons. The molecule has 0 bridgehead atoms. The Hall–Kier alpha value is -13.0. The summed E-state index contributed by atoms with van der Waals surface area (Å²) in [5.74, 6) is 7.83. The lowest BCUT2D eigenvalue weighted by atomic mass is 10.1. The molecule has 0 spiro atoms. The van der Waals surface area contributed by atoms with Gasteiger partial charge in [0.15, 0.2) is 48.0 Å². The van der Waals surface area contributed by atoms with Crippen LogP contribution in [0.1, 0.15) is 245 Å². The SMILES string of the molecule is CC(C)C.CC(C)C.CC(C)C.CC(C)C.CC(C)C.CC(C)C.COCCOc1ccc2c(=O)cc(-c3csc(NC(C)C)n3)[nH]c2c1.Cc1ccc2c(=O)cc(-c3csc(NC(C)C)n3)[nH]c2c1.Cc1ccc2c(=O)cc(-c3csc(NC(C)C)n3)[nH]c2c1Cl.Cc1ccc2c(=O)cc(-c3nc(C(C)C)cs3)[nH]c2c1.Cc1ccc2c(=O)cc(-n3ccc(C(C)C)n3)[nH]c2c1.Cc1ccc2c(=O)cc(-n3cccn3)[nH]c2c1. The van der Waals surface area contributed by atoms with Crippen molar-refractivity contribution in [3.63, 3.8) is 0 Å². The Morgan fingerprint density at radius 1 is 0.342 bits per heavy atom. The fraction of sp³-hybridized carbons (Fsp3) is 0.395. The third-order valence-electron chi connectivity index (χ3n) is 19.5. The van der Waals surface area contributed by atoms with E-state index in [1.54, 1.807) is 106 Å². The van der Waals surface area contributed by atoms with E-state index in [4.69, 9.17) is 21.1 Å². The predicted molar refractivity (Wildman–Crippen MR) is 640 cm³/mol. The number of methoxy groups -OCH3 is 1. The maximum Gasteiger partial charge on any atom is 0.191 e. The number of ether oxygens (including phenoxy) is 2. The third kappa shape index (κ3) is 40.8. The largest absolute Gasteiger partial charge is 0.491 e. The Labute approximate surface area is 899 Å². The summed E-state index contributed by atoms with van der Waals surface area (Å²) in [5.41, 5.74) is 17.5.